The highest BCUT2D eigenvalue weighted by molar-refractivity contribution is 6.30. The number of hydrogen-bond acceptors (Lipinski definition) is 1. The predicted octanol–water partition coefficient (Wildman–Crippen LogP) is 3.84. The molecule has 1 nitrogen and oxygen atoms in total. The maximum absolute atomic E-state index is 12.8. The van der Waals surface area contributed by atoms with Crippen LogP contribution >= 0.6 is 11.6 Å². The van der Waals surface area contributed by atoms with Crippen LogP contribution in [0.25, 0.3) is 0 Å². The molecule has 0 bridgehead atoms. The lowest BCUT2D eigenvalue weighted by atomic mass is 9.98. The van der Waals surface area contributed by atoms with Crippen molar-refractivity contribution < 1.29 is 4.39 Å². The fourth-order valence-electron chi connectivity index (χ4n) is 1.81. The number of nitrogens with two attached hydrogens (primary N) is 1. The molecule has 0 aliphatic heterocycles. The van der Waals surface area contributed by atoms with E-state index in [4.69, 9.17) is 17.3 Å². The molecule has 0 amide bonds. The van der Waals surface area contributed by atoms with Gasteiger partial charge in [-0.25, -0.2) is 4.39 Å². The van der Waals surface area contributed by atoms with Crippen LogP contribution in [0.1, 0.15) is 22.7 Å². The molecule has 1 unspecified atom stereocenters. The molecule has 0 fully saturated rings. The molecule has 88 valence electrons. The quantitative estimate of drug-likeness (QED) is 0.860. The molecule has 0 saturated carbocycles. The Bertz CT molecular complexity index is 502. The number of hydrogen-bond donors (Lipinski definition) is 1. The number of aryl methyl sites for hydroxylation is 1. The third-order valence-corrected chi connectivity index (χ3v) is 2.87. The molecule has 0 saturated heterocycles. The van der Waals surface area contributed by atoms with Gasteiger partial charge in [0.25, 0.3) is 0 Å². The summed E-state index contributed by atoms with van der Waals surface area (Å²) >= 11 is 5.99. The van der Waals surface area contributed by atoms with Crippen molar-refractivity contribution in [2.24, 2.45) is 5.73 Å². The minimum absolute atomic E-state index is 0.261. The van der Waals surface area contributed by atoms with Crippen LogP contribution < -0.4 is 5.73 Å². The summed E-state index contributed by atoms with van der Waals surface area (Å²) in [5.74, 6) is -0.261. The van der Waals surface area contributed by atoms with Gasteiger partial charge in [0.05, 0.1) is 6.04 Å². The topological polar surface area (TPSA) is 26.0 Å². The van der Waals surface area contributed by atoms with E-state index in [0.29, 0.717) is 5.02 Å². The van der Waals surface area contributed by atoms with Crippen molar-refractivity contribution in [1.82, 2.24) is 0 Å². The zero-order chi connectivity index (χ0) is 12.4. The van der Waals surface area contributed by atoms with Gasteiger partial charge in [-0.2, -0.15) is 0 Å². The normalized spacial score (nSPS) is 12.5. The minimum Gasteiger partial charge on any atom is -0.320 e. The largest absolute Gasteiger partial charge is 0.320 e. The van der Waals surface area contributed by atoms with Gasteiger partial charge < -0.3 is 5.73 Å². The van der Waals surface area contributed by atoms with Gasteiger partial charge in [-0.3, -0.25) is 0 Å². The molecular formula is C14H13ClFN. The van der Waals surface area contributed by atoms with Gasteiger partial charge in [-0.1, -0.05) is 29.8 Å². The Labute approximate surface area is 105 Å². The summed E-state index contributed by atoms with van der Waals surface area (Å²) < 4.78 is 12.8. The maximum atomic E-state index is 12.8. The molecule has 0 spiro atoms. The second kappa shape index (κ2) is 4.86. The van der Waals surface area contributed by atoms with Crippen LogP contribution in [-0.4, -0.2) is 0 Å². The summed E-state index contributed by atoms with van der Waals surface area (Å²) in [6.07, 6.45) is 0. The summed E-state index contributed by atoms with van der Waals surface area (Å²) in [6, 6.07) is 11.6. The van der Waals surface area contributed by atoms with Crippen molar-refractivity contribution in [3.63, 3.8) is 0 Å². The van der Waals surface area contributed by atoms with Gasteiger partial charge in [0.1, 0.15) is 5.82 Å². The molecular weight excluding hydrogens is 237 g/mol. The summed E-state index contributed by atoms with van der Waals surface area (Å²) in [5.41, 5.74) is 8.98. The van der Waals surface area contributed by atoms with Crippen LogP contribution in [0.4, 0.5) is 4.39 Å². The molecule has 0 heterocycles. The van der Waals surface area contributed by atoms with Crippen molar-refractivity contribution in [3.8, 4) is 0 Å². The number of rotatable bonds is 2. The molecule has 2 rings (SSSR count). The summed E-state index contributed by atoms with van der Waals surface area (Å²) in [4.78, 5) is 0. The SMILES string of the molecule is Cc1cc(Cl)cc(C(N)c2ccc(F)cc2)c1. The third-order valence-electron chi connectivity index (χ3n) is 2.65. The van der Waals surface area contributed by atoms with Gasteiger partial charge in [0, 0.05) is 5.02 Å². The van der Waals surface area contributed by atoms with Crippen LogP contribution in [0, 0.1) is 12.7 Å². The molecule has 2 aromatic carbocycles. The Hall–Kier alpha value is -1.38. The van der Waals surface area contributed by atoms with Gasteiger partial charge in [-0.05, 0) is 47.9 Å². The first-order valence-electron chi connectivity index (χ1n) is 5.34. The average Bonchev–Trinajstić information content (AvgIpc) is 2.28. The summed E-state index contributed by atoms with van der Waals surface area (Å²) in [5, 5.41) is 0.664. The fourth-order valence-corrected chi connectivity index (χ4v) is 2.10. The zero-order valence-electron chi connectivity index (χ0n) is 9.45. The lowest BCUT2D eigenvalue weighted by molar-refractivity contribution is 0.626. The Balaban J connectivity index is 2.36. The Kier molecular flexibility index (Phi) is 3.46. The summed E-state index contributed by atoms with van der Waals surface area (Å²) in [7, 11) is 0. The first kappa shape index (κ1) is 12.1. The second-order valence-electron chi connectivity index (χ2n) is 4.09. The van der Waals surface area contributed by atoms with E-state index in [2.05, 4.69) is 0 Å². The van der Waals surface area contributed by atoms with Crippen LogP contribution in [-0.2, 0) is 0 Å². The highest BCUT2D eigenvalue weighted by Crippen LogP contribution is 2.24. The molecule has 2 N–H and O–H groups in total. The van der Waals surface area contributed by atoms with E-state index in [1.54, 1.807) is 12.1 Å². The summed E-state index contributed by atoms with van der Waals surface area (Å²) in [6.45, 7) is 1.97. The van der Waals surface area contributed by atoms with Crippen molar-refractivity contribution in [2.45, 2.75) is 13.0 Å². The molecule has 0 aliphatic carbocycles. The first-order chi connectivity index (χ1) is 8.06. The lowest BCUT2D eigenvalue weighted by Crippen LogP contribution is -2.12. The number of halogens is 2. The second-order valence-corrected chi connectivity index (χ2v) is 4.53. The van der Waals surface area contributed by atoms with Crippen molar-refractivity contribution in [1.29, 1.82) is 0 Å². The van der Waals surface area contributed by atoms with E-state index in [9.17, 15) is 4.39 Å². The maximum Gasteiger partial charge on any atom is 0.123 e. The van der Waals surface area contributed by atoms with E-state index in [1.165, 1.54) is 12.1 Å². The van der Waals surface area contributed by atoms with Crippen LogP contribution in [0.5, 0.6) is 0 Å². The van der Waals surface area contributed by atoms with E-state index in [0.717, 1.165) is 16.7 Å². The van der Waals surface area contributed by atoms with Crippen LogP contribution in [0.15, 0.2) is 42.5 Å². The lowest BCUT2D eigenvalue weighted by Gasteiger charge is -2.13. The molecule has 0 aliphatic rings. The average molecular weight is 250 g/mol. The predicted molar refractivity (Wildman–Crippen MR) is 68.6 cm³/mol. The van der Waals surface area contributed by atoms with E-state index in [1.807, 2.05) is 25.1 Å². The molecule has 0 radical (unpaired) electrons. The standard InChI is InChI=1S/C14H13ClFN/c1-9-6-11(8-12(15)7-9)14(17)10-2-4-13(16)5-3-10/h2-8,14H,17H2,1H3. The van der Waals surface area contributed by atoms with Crippen molar-refractivity contribution >= 4 is 11.6 Å². The minimum atomic E-state index is -0.284. The number of benzene rings is 2. The van der Waals surface area contributed by atoms with Gasteiger partial charge in [-0.15, -0.1) is 0 Å². The van der Waals surface area contributed by atoms with E-state index in [-0.39, 0.29) is 11.9 Å². The van der Waals surface area contributed by atoms with E-state index >= 15 is 0 Å². The highest BCUT2D eigenvalue weighted by atomic mass is 35.5. The van der Waals surface area contributed by atoms with E-state index < -0.39 is 0 Å². The first-order valence-corrected chi connectivity index (χ1v) is 5.72. The highest BCUT2D eigenvalue weighted by Gasteiger charge is 2.10. The zero-order valence-corrected chi connectivity index (χ0v) is 10.2. The molecule has 3 heteroatoms. The Morgan fingerprint density at radius 3 is 2.29 bits per heavy atom. The van der Waals surface area contributed by atoms with Gasteiger partial charge in [0.2, 0.25) is 0 Å². The van der Waals surface area contributed by atoms with Crippen molar-refractivity contribution in [2.75, 3.05) is 0 Å². The Morgan fingerprint density at radius 2 is 1.71 bits per heavy atom. The molecule has 1 atom stereocenters. The van der Waals surface area contributed by atoms with Crippen LogP contribution in [0.3, 0.4) is 0 Å². The van der Waals surface area contributed by atoms with Crippen LogP contribution in [0.2, 0.25) is 5.02 Å². The van der Waals surface area contributed by atoms with Gasteiger partial charge >= 0.3 is 0 Å². The fraction of sp³-hybridized carbons (Fsp3) is 0.143. The third kappa shape index (κ3) is 2.84. The molecule has 2 aromatic rings. The molecule has 0 aromatic heterocycles. The monoisotopic (exact) mass is 249 g/mol. The van der Waals surface area contributed by atoms with Gasteiger partial charge in [0.15, 0.2) is 0 Å². The van der Waals surface area contributed by atoms with Crippen molar-refractivity contribution in [3.05, 3.63) is 70.0 Å². The smallest absolute Gasteiger partial charge is 0.123 e. The molecule has 17 heavy (non-hydrogen) atoms. The Morgan fingerprint density at radius 1 is 1.06 bits per heavy atom.